The lowest BCUT2D eigenvalue weighted by Gasteiger charge is -2.43. The second kappa shape index (κ2) is 6.98. The third-order valence-corrected chi connectivity index (χ3v) is 5.72. The van der Waals surface area contributed by atoms with Crippen molar-refractivity contribution >= 4 is 11.6 Å². The second-order valence-corrected chi connectivity index (χ2v) is 7.33. The summed E-state index contributed by atoms with van der Waals surface area (Å²) in [6.45, 7) is 5.06. The molecule has 1 N–H and O–H groups in total. The first-order chi connectivity index (χ1) is 11.0. The highest BCUT2D eigenvalue weighted by Gasteiger charge is 2.44. The Labute approximate surface area is 143 Å². The Morgan fingerprint density at radius 3 is 3.04 bits per heavy atom. The van der Waals surface area contributed by atoms with Gasteiger partial charge in [-0.1, -0.05) is 11.6 Å². The van der Waals surface area contributed by atoms with Crippen molar-refractivity contribution in [3.63, 3.8) is 0 Å². The van der Waals surface area contributed by atoms with Crippen LogP contribution in [0.5, 0.6) is 5.75 Å². The quantitative estimate of drug-likeness (QED) is 0.915. The average molecular weight is 340 g/mol. The molecular weight excluding hydrogens is 314 g/mol. The molecule has 2 aliphatic heterocycles. The summed E-state index contributed by atoms with van der Waals surface area (Å²) in [6.07, 6.45) is 2.96. The van der Waals surface area contributed by atoms with E-state index in [1.54, 1.807) is 7.11 Å². The number of aliphatic hydroxyl groups is 1. The van der Waals surface area contributed by atoms with Crippen molar-refractivity contribution in [1.29, 1.82) is 0 Å². The maximum atomic E-state index is 10.8. The number of halogens is 1. The molecule has 3 atom stereocenters. The van der Waals surface area contributed by atoms with Crippen molar-refractivity contribution in [3.8, 4) is 5.75 Å². The van der Waals surface area contributed by atoms with E-state index in [0.717, 1.165) is 42.3 Å². The van der Waals surface area contributed by atoms with Gasteiger partial charge in [0.2, 0.25) is 0 Å². The first-order valence-corrected chi connectivity index (χ1v) is 8.75. The molecule has 2 fully saturated rings. The normalized spacial score (nSPS) is 32.2. The number of methoxy groups -OCH3 is 1. The van der Waals surface area contributed by atoms with Crippen molar-refractivity contribution in [2.45, 2.75) is 44.4 Å². The molecule has 4 nitrogen and oxygen atoms in total. The SMILES string of the molecule is COc1ccc(Cl)c(CN2CCC[C@@H]2[C@@H]2COCC[C@]2(C)O)c1. The van der Waals surface area contributed by atoms with E-state index in [4.69, 9.17) is 21.1 Å². The molecule has 0 spiro atoms. The van der Waals surface area contributed by atoms with E-state index < -0.39 is 5.60 Å². The molecule has 2 saturated heterocycles. The molecule has 1 aromatic carbocycles. The molecule has 0 radical (unpaired) electrons. The van der Waals surface area contributed by atoms with Gasteiger partial charge in [0.05, 0.1) is 19.3 Å². The third-order valence-electron chi connectivity index (χ3n) is 5.35. The zero-order valence-electron chi connectivity index (χ0n) is 13.9. The fourth-order valence-corrected chi connectivity index (χ4v) is 4.08. The molecule has 0 unspecified atom stereocenters. The van der Waals surface area contributed by atoms with E-state index in [-0.39, 0.29) is 5.92 Å². The molecule has 0 bridgehead atoms. The summed E-state index contributed by atoms with van der Waals surface area (Å²) in [5.74, 6) is 0.983. The Balaban J connectivity index is 1.77. The van der Waals surface area contributed by atoms with Crippen LogP contribution in [0.15, 0.2) is 18.2 Å². The van der Waals surface area contributed by atoms with Gasteiger partial charge in [0, 0.05) is 30.1 Å². The summed E-state index contributed by atoms with van der Waals surface area (Å²) < 4.78 is 11.0. The van der Waals surface area contributed by atoms with Gasteiger partial charge in [0.1, 0.15) is 5.75 Å². The number of benzene rings is 1. The standard InChI is InChI=1S/C18H26ClNO3/c1-18(21)7-9-23-12-15(18)17-4-3-8-20(17)11-13-10-14(22-2)5-6-16(13)19/h5-6,10,15,17,21H,3-4,7-9,11-12H2,1-2H3/t15-,17+,18-/m0/s1. The summed E-state index contributed by atoms with van der Waals surface area (Å²) in [4.78, 5) is 2.44. The highest BCUT2D eigenvalue weighted by Crippen LogP contribution is 2.37. The van der Waals surface area contributed by atoms with Crippen LogP contribution >= 0.6 is 11.6 Å². The van der Waals surface area contributed by atoms with Crippen LogP contribution in [0, 0.1) is 5.92 Å². The van der Waals surface area contributed by atoms with Gasteiger partial charge in [-0.15, -0.1) is 0 Å². The molecule has 2 aliphatic rings. The Morgan fingerprint density at radius 2 is 2.30 bits per heavy atom. The number of hydrogen-bond acceptors (Lipinski definition) is 4. The maximum Gasteiger partial charge on any atom is 0.119 e. The van der Waals surface area contributed by atoms with Crippen molar-refractivity contribution in [1.82, 2.24) is 4.90 Å². The van der Waals surface area contributed by atoms with E-state index in [1.807, 2.05) is 25.1 Å². The predicted molar refractivity (Wildman–Crippen MR) is 91.0 cm³/mol. The zero-order chi connectivity index (χ0) is 16.4. The van der Waals surface area contributed by atoms with Crippen LogP contribution in [0.2, 0.25) is 5.02 Å². The van der Waals surface area contributed by atoms with Gasteiger partial charge < -0.3 is 14.6 Å². The van der Waals surface area contributed by atoms with Gasteiger partial charge in [-0.2, -0.15) is 0 Å². The maximum absolute atomic E-state index is 10.8. The molecule has 0 aromatic heterocycles. The van der Waals surface area contributed by atoms with Crippen LogP contribution in [0.1, 0.15) is 31.7 Å². The minimum atomic E-state index is -0.649. The van der Waals surface area contributed by atoms with Crippen LogP contribution in [0.4, 0.5) is 0 Å². The molecule has 5 heteroatoms. The molecule has 1 aromatic rings. The summed E-state index contributed by atoms with van der Waals surface area (Å²) >= 11 is 6.36. The summed E-state index contributed by atoms with van der Waals surface area (Å²) in [7, 11) is 1.67. The molecule has 2 heterocycles. The number of ether oxygens (including phenoxy) is 2. The minimum Gasteiger partial charge on any atom is -0.497 e. The number of nitrogens with zero attached hydrogens (tertiary/aromatic N) is 1. The Bertz CT molecular complexity index is 549. The smallest absolute Gasteiger partial charge is 0.119 e. The topological polar surface area (TPSA) is 41.9 Å². The Kier molecular flexibility index (Phi) is 5.16. The molecule has 0 aliphatic carbocycles. The monoisotopic (exact) mass is 339 g/mol. The zero-order valence-corrected chi connectivity index (χ0v) is 14.7. The molecule has 0 saturated carbocycles. The molecule has 23 heavy (non-hydrogen) atoms. The van der Waals surface area contributed by atoms with Crippen molar-refractivity contribution in [2.24, 2.45) is 5.92 Å². The van der Waals surface area contributed by atoms with E-state index in [9.17, 15) is 5.11 Å². The van der Waals surface area contributed by atoms with E-state index in [0.29, 0.717) is 25.7 Å². The number of hydrogen-bond donors (Lipinski definition) is 1. The summed E-state index contributed by atoms with van der Waals surface area (Å²) in [5.41, 5.74) is 0.429. The van der Waals surface area contributed by atoms with E-state index in [1.165, 1.54) is 0 Å². The van der Waals surface area contributed by atoms with Crippen LogP contribution in [-0.4, -0.2) is 48.5 Å². The Morgan fingerprint density at radius 1 is 1.48 bits per heavy atom. The third kappa shape index (κ3) is 3.66. The van der Waals surface area contributed by atoms with E-state index >= 15 is 0 Å². The predicted octanol–water partition coefficient (Wildman–Crippen LogP) is 3.10. The minimum absolute atomic E-state index is 0.156. The van der Waals surface area contributed by atoms with Gasteiger partial charge in [0.15, 0.2) is 0 Å². The average Bonchev–Trinajstić information content (AvgIpc) is 2.97. The van der Waals surface area contributed by atoms with Gasteiger partial charge in [-0.3, -0.25) is 4.90 Å². The second-order valence-electron chi connectivity index (χ2n) is 6.93. The lowest BCUT2D eigenvalue weighted by atomic mass is 9.79. The number of likely N-dealkylation sites (tertiary alicyclic amines) is 1. The van der Waals surface area contributed by atoms with Crippen molar-refractivity contribution in [2.75, 3.05) is 26.9 Å². The number of rotatable bonds is 4. The van der Waals surface area contributed by atoms with E-state index in [2.05, 4.69) is 4.90 Å². The van der Waals surface area contributed by atoms with Crippen molar-refractivity contribution in [3.05, 3.63) is 28.8 Å². The van der Waals surface area contributed by atoms with Gasteiger partial charge >= 0.3 is 0 Å². The van der Waals surface area contributed by atoms with Crippen LogP contribution in [0.3, 0.4) is 0 Å². The van der Waals surface area contributed by atoms with Crippen LogP contribution < -0.4 is 4.74 Å². The van der Waals surface area contributed by atoms with Gasteiger partial charge in [-0.25, -0.2) is 0 Å². The lowest BCUT2D eigenvalue weighted by molar-refractivity contribution is -0.123. The molecular formula is C18H26ClNO3. The summed E-state index contributed by atoms with van der Waals surface area (Å²) in [5, 5.41) is 11.5. The fourth-order valence-electron chi connectivity index (χ4n) is 3.90. The molecule has 3 rings (SSSR count). The first-order valence-electron chi connectivity index (χ1n) is 8.38. The fraction of sp³-hybridized carbons (Fsp3) is 0.667. The van der Waals surface area contributed by atoms with Gasteiger partial charge in [-0.05, 0) is 56.5 Å². The van der Waals surface area contributed by atoms with Crippen molar-refractivity contribution < 1.29 is 14.6 Å². The lowest BCUT2D eigenvalue weighted by Crippen LogP contribution is -2.52. The largest absolute Gasteiger partial charge is 0.497 e. The highest BCUT2D eigenvalue weighted by atomic mass is 35.5. The molecule has 0 amide bonds. The van der Waals surface area contributed by atoms with Gasteiger partial charge in [0.25, 0.3) is 0 Å². The molecule has 128 valence electrons. The van der Waals surface area contributed by atoms with Crippen LogP contribution in [-0.2, 0) is 11.3 Å². The Hall–Kier alpha value is -0.810. The first kappa shape index (κ1) is 17.0. The van der Waals surface area contributed by atoms with Crippen LogP contribution in [0.25, 0.3) is 0 Å². The summed E-state index contributed by atoms with van der Waals surface area (Å²) in [6, 6.07) is 6.12. The highest BCUT2D eigenvalue weighted by molar-refractivity contribution is 6.31.